The van der Waals surface area contributed by atoms with E-state index in [2.05, 4.69) is 46.3 Å². The number of piperidine rings is 1. The van der Waals surface area contributed by atoms with E-state index in [9.17, 15) is 5.11 Å². The summed E-state index contributed by atoms with van der Waals surface area (Å²) >= 11 is 7.58. The number of benzene rings is 1. The van der Waals surface area contributed by atoms with Crippen LogP contribution in [0, 0.1) is 4.77 Å². The third kappa shape index (κ3) is 4.78. The molecule has 0 aliphatic carbocycles. The summed E-state index contributed by atoms with van der Waals surface area (Å²) < 4.78 is 5.01. The molecule has 7 heteroatoms. The average molecular weight is 416 g/mol. The molecular formula is C21H27N4OS2+. The van der Waals surface area contributed by atoms with Gasteiger partial charge in [-0.25, -0.2) is 0 Å². The molecule has 0 bridgehead atoms. The van der Waals surface area contributed by atoms with E-state index < -0.39 is 0 Å². The summed E-state index contributed by atoms with van der Waals surface area (Å²) in [5.41, 5.74) is 1.31. The van der Waals surface area contributed by atoms with E-state index in [1.165, 1.54) is 15.3 Å². The Balaban J connectivity index is 1.54. The molecule has 148 valence electrons. The second-order valence-corrected chi connectivity index (χ2v) is 8.88. The van der Waals surface area contributed by atoms with Crippen LogP contribution in [0.3, 0.4) is 0 Å². The lowest BCUT2D eigenvalue weighted by atomic mass is 10.1. The van der Waals surface area contributed by atoms with Crippen molar-refractivity contribution >= 4 is 23.6 Å². The fourth-order valence-electron chi connectivity index (χ4n) is 3.78. The van der Waals surface area contributed by atoms with Gasteiger partial charge in [0.05, 0.1) is 19.2 Å². The molecule has 2 N–H and O–H groups in total. The molecule has 0 spiro atoms. The van der Waals surface area contributed by atoms with E-state index >= 15 is 0 Å². The molecule has 5 nitrogen and oxygen atoms in total. The Kier molecular flexibility index (Phi) is 6.36. The van der Waals surface area contributed by atoms with Crippen LogP contribution >= 0.6 is 23.6 Å². The maximum atomic E-state index is 9.76. The number of aryl methyl sites for hydroxylation is 1. The van der Waals surface area contributed by atoms with Crippen molar-refractivity contribution in [3.63, 3.8) is 0 Å². The second kappa shape index (κ2) is 9.13. The minimum absolute atomic E-state index is 0.144. The average Bonchev–Trinajstić information content (AvgIpc) is 3.32. The molecule has 1 saturated heterocycles. The minimum atomic E-state index is -0.144. The van der Waals surface area contributed by atoms with Gasteiger partial charge in [0.1, 0.15) is 5.82 Å². The van der Waals surface area contributed by atoms with Gasteiger partial charge in [-0.2, -0.15) is 9.78 Å². The van der Waals surface area contributed by atoms with E-state index in [1.54, 1.807) is 11.3 Å². The number of hydrogen-bond acceptors (Lipinski definition) is 4. The normalized spacial score (nSPS) is 19.8. The first-order valence-electron chi connectivity index (χ1n) is 9.93. The summed E-state index contributed by atoms with van der Waals surface area (Å²) in [7, 11) is 0. The highest BCUT2D eigenvalue weighted by molar-refractivity contribution is 7.71. The number of nitrogens with zero attached hydrogens (tertiary/aromatic N) is 3. The number of likely N-dealkylation sites (tertiary alicyclic amines) is 1. The van der Waals surface area contributed by atoms with Crippen molar-refractivity contribution in [1.82, 2.24) is 14.3 Å². The molecule has 0 atom stereocenters. The van der Waals surface area contributed by atoms with Crippen LogP contribution in [0.25, 0.3) is 0 Å². The summed E-state index contributed by atoms with van der Waals surface area (Å²) in [4.78, 5) is 2.75. The molecular weight excluding hydrogens is 388 g/mol. The first kappa shape index (κ1) is 19.5. The Morgan fingerprint density at radius 3 is 2.64 bits per heavy atom. The molecule has 1 aromatic carbocycles. The molecule has 1 aliphatic rings. The SMILES string of the molecule is OC1CC[NH+](Cn2nc(Cc3cccs3)n(CCc3ccccc3)c2=S)CC1. The Labute approximate surface area is 174 Å². The number of rotatable bonds is 7. The highest BCUT2D eigenvalue weighted by Gasteiger charge is 2.22. The zero-order valence-corrected chi connectivity index (χ0v) is 17.6. The van der Waals surface area contributed by atoms with Crippen LogP contribution < -0.4 is 4.90 Å². The van der Waals surface area contributed by atoms with Crippen molar-refractivity contribution in [3.8, 4) is 0 Å². The van der Waals surface area contributed by atoms with Crippen molar-refractivity contribution < 1.29 is 10.0 Å². The predicted octanol–water partition coefficient (Wildman–Crippen LogP) is 2.31. The van der Waals surface area contributed by atoms with Crippen molar-refractivity contribution in [1.29, 1.82) is 0 Å². The van der Waals surface area contributed by atoms with Crippen molar-refractivity contribution in [2.45, 2.75) is 45.0 Å². The van der Waals surface area contributed by atoms with Crippen molar-refractivity contribution in [3.05, 3.63) is 68.9 Å². The quantitative estimate of drug-likeness (QED) is 0.582. The third-order valence-corrected chi connectivity index (χ3v) is 6.72. The molecule has 4 rings (SSSR count). The van der Waals surface area contributed by atoms with Crippen LogP contribution in [0.2, 0.25) is 0 Å². The number of hydrogen-bond donors (Lipinski definition) is 2. The summed E-state index contributed by atoms with van der Waals surface area (Å²) in [6.07, 6.45) is 3.34. The number of nitrogens with one attached hydrogen (secondary N) is 1. The molecule has 28 heavy (non-hydrogen) atoms. The van der Waals surface area contributed by atoms with E-state index in [4.69, 9.17) is 17.3 Å². The first-order valence-corrected chi connectivity index (χ1v) is 11.2. The second-order valence-electron chi connectivity index (χ2n) is 7.48. The van der Waals surface area contributed by atoms with Crippen LogP contribution in [0.4, 0.5) is 0 Å². The van der Waals surface area contributed by atoms with Crippen LogP contribution in [0.5, 0.6) is 0 Å². The van der Waals surface area contributed by atoms with Crippen molar-refractivity contribution in [2.24, 2.45) is 0 Å². The topological polar surface area (TPSA) is 47.4 Å². The van der Waals surface area contributed by atoms with Crippen LogP contribution in [-0.4, -0.2) is 38.6 Å². The molecule has 0 unspecified atom stereocenters. The van der Waals surface area contributed by atoms with Crippen molar-refractivity contribution in [2.75, 3.05) is 13.1 Å². The van der Waals surface area contributed by atoms with Gasteiger partial charge in [-0.3, -0.25) is 0 Å². The number of aliphatic hydroxyl groups excluding tert-OH is 1. The first-order chi connectivity index (χ1) is 13.7. The van der Waals surface area contributed by atoms with Gasteiger partial charge >= 0.3 is 0 Å². The molecule has 2 aromatic heterocycles. The van der Waals surface area contributed by atoms with Crippen LogP contribution in [0.15, 0.2) is 47.8 Å². The lowest BCUT2D eigenvalue weighted by molar-refractivity contribution is -0.929. The number of aromatic nitrogens is 3. The Morgan fingerprint density at radius 2 is 1.93 bits per heavy atom. The summed E-state index contributed by atoms with van der Waals surface area (Å²) in [5, 5.41) is 16.8. The predicted molar refractivity (Wildman–Crippen MR) is 114 cm³/mol. The van der Waals surface area contributed by atoms with Gasteiger partial charge in [0, 0.05) is 30.7 Å². The highest BCUT2D eigenvalue weighted by atomic mass is 32.1. The monoisotopic (exact) mass is 415 g/mol. The van der Waals surface area contributed by atoms with E-state index in [0.717, 1.165) is 62.6 Å². The molecule has 0 saturated carbocycles. The van der Waals surface area contributed by atoms with E-state index in [-0.39, 0.29) is 6.10 Å². The summed E-state index contributed by atoms with van der Waals surface area (Å²) in [6, 6.07) is 14.8. The Hall–Kier alpha value is -1.80. The molecule has 3 aromatic rings. The van der Waals surface area contributed by atoms with Gasteiger partial charge in [0.25, 0.3) is 0 Å². The Morgan fingerprint density at radius 1 is 1.14 bits per heavy atom. The number of aliphatic hydroxyl groups is 1. The van der Waals surface area contributed by atoms with E-state index in [1.807, 2.05) is 10.7 Å². The minimum Gasteiger partial charge on any atom is -0.393 e. The van der Waals surface area contributed by atoms with Gasteiger partial charge in [-0.1, -0.05) is 36.4 Å². The lowest BCUT2D eigenvalue weighted by Crippen LogP contribution is -3.12. The molecule has 0 amide bonds. The molecule has 1 aliphatic heterocycles. The fraction of sp³-hybridized carbons (Fsp3) is 0.429. The smallest absolute Gasteiger partial charge is 0.202 e. The zero-order chi connectivity index (χ0) is 19.3. The summed E-state index contributed by atoms with van der Waals surface area (Å²) in [5.74, 6) is 1.04. The maximum absolute atomic E-state index is 9.76. The van der Waals surface area contributed by atoms with Gasteiger partial charge in [-0.05, 0) is 35.6 Å². The van der Waals surface area contributed by atoms with Gasteiger partial charge in [0.2, 0.25) is 4.77 Å². The largest absolute Gasteiger partial charge is 0.393 e. The van der Waals surface area contributed by atoms with Crippen LogP contribution in [0.1, 0.15) is 29.1 Å². The van der Waals surface area contributed by atoms with Crippen LogP contribution in [-0.2, 0) is 26.1 Å². The number of quaternary nitrogens is 1. The molecule has 3 heterocycles. The van der Waals surface area contributed by atoms with Gasteiger partial charge < -0.3 is 14.6 Å². The standard InChI is InChI=1S/C21H26N4OS2/c26-18-9-11-23(12-10-18)16-25-21(27)24(13-8-17-5-2-1-3-6-17)20(22-25)15-19-7-4-14-28-19/h1-7,14,18,26H,8-13,15-16H2/p+1. The number of thiophene rings is 1. The third-order valence-electron chi connectivity index (χ3n) is 5.41. The van der Waals surface area contributed by atoms with Gasteiger partial charge in [-0.15, -0.1) is 11.3 Å². The Bertz CT molecular complexity index is 925. The summed E-state index contributed by atoms with van der Waals surface area (Å²) in [6.45, 7) is 3.57. The fourth-order valence-corrected chi connectivity index (χ4v) is 4.78. The molecule has 0 radical (unpaired) electrons. The molecule has 1 fully saturated rings. The van der Waals surface area contributed by atoms with Gasteiger partial charge in [0.15, 0.2) is 6.67 Å². The zero-order valence-electron chi connectivity index (χ0n) is 16.0. The lowest BCUT2D eigenvalue weighted by Gasteiger charge is -2.26. The van der Waals surface area contributed by atoms with E-state index in [0.29, 0.717) is 0 Å². The highest BCUT2D eigenvalue weighted by Crippen LogP contribution is 2.15. The maximum Gasteiger partial charge on any atom is 0.202 e.